The highest BCUT2D eigenvalue weighted by atomic mass is 16.2. The second kappa shape index (κ2) is 8.72. The summed E-state index contributed by atoms with van der Waals surface area (Å²) in [5.74, 6) is -0.299. The van der Waals surface area contributed by atoms with Crippen molar-refractivity contribution in [2.45, 2.75) is 13.3 Å². The molecule has 0 saturated heterocycles. The molecular formula is C15H20N4O2. The van der Waals surface area contributed by atoms with Gasteiger partial charge in [-0.2, -0.15) is 5.26 Å². The number of hydrogen-bond acceptors (Lipinski definition) is 4. The Morgan fingerprint density at radius 1 is 1.19 bits per heavy atom. The van der Waals surface area contributed by atoms with Gasteiger partial charge in [0.2, 0.25) is 11.8 Å². The fourth-order valence-electron chi connectivity index (χ4n) is 1.84. The first-order chi connectivity index (χ1) is 10.1. The van der Waals surface area contributed by atoms with Crippen LogP contribution in [0.5, 0.6) is 0 Å². The minimum Gasteiger partial charge on any atom is -0.358 e. The van der Waals surface area contributed by atoms with E-state index >= 15 is 0 Å². The predicted molar refractivity (Wildman–Crippen MR) is 80.6 cm³/mol. The maximum Gasteiger partial charge on any atom is 0.238 e. The molecule has 0 radical (unpaired) electrons. The average molecular weight is 288 g/mol. The topological polar surface area (TPSA) is 85.2 Å². The van der Waals surface area contributed by atoms with Gasteiger partial charge in [-0.1, -0.05) is 6.92 Å². The third kappa shape index (κ3) is 6.06. The lowest BCUT2D eigenvalue weighted by Crippen LogP contribution is -2.40. The first-order valence-electron chi connectivity index (χ1n) is 6.82. The Hall–Kier alpha value is -2.39. The van der Waals surface area contributed by atoms with Crippen LogP contribution in [0.15, 0.2) is 24.3 Å². The van der Waals surface area contributed by atoms with E-state index in [2.05, 4.69) is 10.6 Å². The van der Waals surface area contributed by atoms with Crippen LogP contribution in [0.2, 0.25) is 0 Å². The van der Waals surface area contributed by atoms with Gasteiger partial charge < -0.3 is 10.6 Å². The van der Waals surface area contributed by atoms with Crippen LogP contribution >= 0.6 is 0 Å². The van der Waals surface area contributed by atoms with E-state index in [0.29, 0.717) is 17.8 Å². The fourth-order valence-corrected chi connectivity index (χ4v) is 1.84. The lowest BCUT2D eigenvalue weighted by atomic mass is 10.2. The lowest BCUT2D eigenvalue weighted by molar-refractivity contribution is -0.123. The Bertz CT molecular complexity index is 519. The molecule has 1 aromatic rings. The molecule has 0 aliphatic rings. The Kier molecular flexibility index (Phi) is 6.92. The van der Waals surface area contributed by atoms with Crippen LogP contribution in [-0.2, 0) is 9.59 Å². The summed E-state index contributed by atoms with van der Waals surface area (Å²) in [5, 5.41) is 14.0. The van der Waals surface area contributed by atoms with E-state index in [1.807, 2.05) is 13.0 Å². The number of anilines is 1. The first-order valence-corrected chi connectivity index (χ1v) is 6.82. The van der Waals surface area contributed by atoms with Gasteiger partial charge in [0.15, 0.2) is 0 Å². The van der Waals surface area contributed by atoms with E-state index in [9.17, 15) is 9.59 Å². The Balaban J connectivity index is 2.56. The molecule has 0 aliphatic heterocycles. The molecule has 2 N–H and O–H groups in total. The Morgan fingerprint density at radius 3 is 2.33 bits per heavy atom. The van der Waals surface area contributed by atoms with E-state index in [4.69, 9.17) is 5.26 Å². The highest BCUT2D eigenvalue weighted by molar-refractivity contribution is 5.92. The van der Waals surface area contributed by atoms with Gasteiger partial charge in [0.1, 0.15) is 0 Å². The SMILES string of the molecule is CCCN(CC(=O)NC)CC(=O)Nc1ccc(C#N)cc1. The van der Waals surface area contributed by atoms with E-state index in [1.54, 1.807) is 36.2 Å². The van der Waals surface area contributed by atoms with Crippen LogP contribution in [0.3, 0.4) is 0 Å². The number of rotatable bonds is 7. The van der Waals surface area contributed by atoms with Gasteiger partial charge >= 0.3 is 0 Å². The molecule has 0 unspecified atom stereocenters. The smallest absolute Gasteiger partial charge is 0.238 e. The molecular weight excluding hydrogens is 268 g/mol. The minimum absolute atomic E-state index is 0.116. The maximum atomic E-state index is 12.0. The highest BCUT2D eigenvalue weighted by Gasteiger charge is 2.13. The van der Waals surface area contributed by atoms with Crippen LogP contribution in [0.25, 0.3) is 0 Å². The van der Waals surface area contributed by atoms with Gasteiger partial charge in [-0.25, -0.2) is 0 Å². The number of amides is 2. The van der Waals surface area contributed by atoms with E-state index < -0.39 is 0 Å². The number of nitrogens with one attached hydrogen (secondary N) is 2. The summed E-state index contributed by atoms with van der Waals surface area (Å²) in [4.78, 5) is 25.2. The van der Waals surface area contributed by atoms with Crippen molar-refractivity contribution in [3.63, 3.8) is 0 Å². The van der Waals surface area contributed by atoms with Gasteiger partial charge in [0.25, 0.3) is 0 Å². The van der Waals surface area contributed by atoms with Crippen molar-refractivity contribution in [2.24, 2.45) is 0 Å². The summed E-state index contributed by atoms with van der Waals surface area (Å²) < 4.78 is 0. The van der Waals surface area contributed by atoms with Crippen molar-refractivity contribution in [1.82, 2.24) is 10.2 Å². The van der Waals surface area contributed by atoms with Crippen LogP contribution in [-0.4, -0.2) is 43.4 Å². The van der Waals surface area contributed by atoms with Crippen molar-refractivity contribution >= 4 is 17.5 Å². The zero-order valence-corrected chi connectivity index (χ0v) is 12.3. The molecule has 0 aliphatic carbocycles. The number of carbonyl (C=O) groups excluding carboxylic acids is 2. The molecule has 0 aromatic heterocycles. The molecule has 1 aromatic carbocycles. The summed E-state index contributed by atoms with van der Waals surface area (Å²) in [7, 11) is 1.57. The van der Waals surface area contributed by atoms with Crippen LogP contribution < -0.4 is 10.6 Å². The second-order valence-corrected chi connectivity index (χ2v) is 4.62. The normalized spacial score (nSPS) is 10.0. The van der Waals surface area contributed by atoms with Crippen LogP contribution in [0.4, 0.5) is 5.69 Å². The lowest BCUT2D eigenvalue weighted by Gasteiger charge is -2.20. The van der Waals surface area contributed by atoms with E-state index in [1.165, 1.54) is 0 Å². The Labute approximate surface area is 124 Å². The second-order valence-electron chi connectivity index (χ2n) is 4.62. The molecule has 0 spiro atoms. The van der Waals surface area contributed by atoms with Gasteiger partial charge in [0.05, 0.1) is 24.7 Å². The number of nitrogens with zero attached hydrogens (tertiary/aromatic N) is 2. The summed E-state index contributed by atoms with van der Waals surface area (Å²) in [6.07, 6.45) is 0.862. The molecule has 0 bridgehead atoms. The molecule has 0 saturated carbocycles. The predicted octanol–water partition coefficient (Wildman–Crippen LogP) is 0.955. The average Bonchev–Trinajstić information content (AvgIpc) is 2.48. The number of carbonyl (C=O) groups is 2. The zero-order valence-electron chi connectivity index (χ0n) is 12.3. The minimum atomic E-state index is -0.183. The Morgan fingerprint density at radius 2 is 1.81 bits per heavy atom. The molecule has 1 rings (SSSR count). The maximum absolute atomic E-state index is 12.0. The van der Waals surface area contributed by atoms with Crippen molar-refractivity contribution in [3.05, 3.63) is 29.8 Å². The fraction of sp³-hybridized carbons (Fsp3) is 0.400. The van der Waals surface area contributed by atoms with Crippen molar-refractivity contribution in [3.8, 4) is 6.07 Å². The molecule has 0 heterocycles. The summed E-state index contributed by atoms with van der Waals surface area (Å²) >= 11 is 0. The van der Waals surface area contributed by atoms with Gasteiger partial charge in [-0.05, 0) is 37.2 Å². The van der Waals surface area contributed by atoms with Crippen LogP contribution in [0, 0.1) is 11.3 Å². The van der Waals surface area contributed by atoms with E-state index in [0.717, 1.165) is 6.42 Å². The van der Waals surface area contributed by atoms with Gasteiger partial charge in [0, 0.05) is 12.7 Å². The summed E-state index contributed by atoms with van der Waals surface area (Å²) in [5.41, 5.74) is 1.18. The number of nitriles is 1. The largest absolute Gasteiger partial charge is 0.358 e. The number of benzene rings is 1. The van der Waals surface area contributed by atoms with Crippen LogP contribution in [0.1, 0.15) is 18.9 Å². The van der Waals surface area contributed by atoms with Crippen molar-refractivity contribution in [2.75, 3.05) is 32.0 Å². The van der Waals surface area contributed by atoms with Crippen molar-refractivity contribution in [1.29, 1.82) is 5.26 Å². The third-order valence-electron chi connectivity index (χ3n) is 2.85. The quantitative estimate of drug-likeness (QED) is 0.782. The molecule has 2 amide bonds. The molecule has 6 nitrogen and oxygen atoms in total. The third-order valence-corrected chi connectivity index (χ3v) is 2.85. The zero-order chi connectivity index (χ0) is 15.7. The van der Waals surface area contributed by atoms with Crippen molar-refractivity contribution < 1.29 is 9.59 Å². The van der Waals surface area contributed by atoms with Gasteiger partial charge in [-0.15, -0.1) is 0 Å². The highest BCUT2D eigenvalue weighted by Crippen LogP contribution is 2.08. The number of likely N-dealkylation sites (N-methyl/N-ethyl adjacent to an activating group) is 1. The molecule has 6 heteroatoms. The molecule has 112 valence electrons. The molecule has 0 atom stereocenters. The number of hydrogen-bond donors (Lipinski definition) is 2. The summed E-state index contributed by atoms with van der Waals surface area (Å²) in [6, 6.07) is 8.66. The standard InChI is InChI=1S/C15H20N4O2/c1-3-8-19(10-14(20)17-2)11-15(21)18-13-6-4-12(9-16)5-7-13/h4-7H,3,8,10-11H2,1-2H3,(H,17,20)(H,18,21). The molecule has 21 heavy (non-hydrogen) atoms. The first kappa shape index (κ1) is 16.7. The summed E-state index contributed by atoms with van der Waals surface area (Å²) in [6.45, 7) is 3.02. The molecule has 0 fully saturated rings. The van der Waals surface area contributed by atoms with E-state index in [-0.39, 0.29) is 24.9 Å². The van der Waals surface area contributed by atoms with Gasteiger partial charge in [-0.3, -0.25) is 14.5 Å². The monoisotopic (exact) mass is 288 g/mol.